The van der Waals surface area contributed by atoms with Gasteiger partial charge in [-0.25, -0.2) is 4.79 Å². The van der Waals surface area contributed by atoms with Gasteiger partial charge in [0.15, 0.2) is 0 Å². The predicted octanol–water partition coefficient (Wildman–Crippen LogP) is 2.05. The molecule has 0 saturated carbocycles. The molecule has 0 aliphatic carbocycles. The second-order valence-electron chi connectivity index (χ2n) is 10.8. The van der Waals surface area contributed by atoms with Crippen LogP contribution in [-0.2, 0) is 16.0 Å². The number of amides is 4. The van der Waals surface area contributed by atoms with E-state index in [2.05, 4.69) is 29.4 Å². The molecule has 3 fully saturated rings. The summed E-state index contributed by atoms with van der Waals surface area (Å²) < 4.78 is 0. The van der Waals surface area contributed by atoms with Gasteiger partial charge < -0.3 is 20.0 Å². The van der Waals surface area contributed by atoms with E-state index in [9.17, 15) is 14.4 Å². The molecule has 0 aromatic heterocycles. The number of benzene rings is 1. The van der Waals surface area contributed by atoms with Crippen molar-refractivity contribution < 1.29 is 14.4 Å². The highest BCUT2D eigenvalue weighted by molar-refractivity contribution is 6.07. The Morgan fingerprint density at radius 1 is 1.09 bits per heavy atom. The summed E-state index contributed by atoms with van der Waals surface area (Å²) in [4.78, 5) is 47.6. The van der Waals surface area contributed by atoms with Crippen molar-refractivity contribution in [3.05, 3.63) is 35.9 Å². The van der Waals surface area contributed by atoms with Crippen molar-refractivity contribution >= 4 is 17.8 Å². The van der Waals surface area contributed by atoms with E-state index >= 15 is 0 Å². The number of hydrogen-bond acceptors (Lipinski definition) is 5. The van der Waals surface area contributed by atoms with E-state index in [0.29, 0.717) is 32.6 Å². The Hall–Kier alpha value is -2.45. The molecule has 1 aromatic carbocycles. The van der Waals surface area contributed by atoms with E-state index in [-0.39, 0.29) is 29.7 Å². The molecule has 3 aliphatic heterocycles. The molecule has 1 N–H and O–H groups in total. The number of nitrogens with one attached hydrogen (secondary N) is 1. The van der Waals surface area contributed by atoms with Crippen molar-refractivity contribution in [1.82, 2.24) is 24.9 Å². The second kappa shape index (κ2) is 11.1. The third kappa shape index (κ3) is 5.70. The Labute approximate surface area is 209 Å². The molecule has 8 heteroatoms. The normalized spacial score (nSPS) is 26.5. The summed E-state index contributed by atoms with van der Waals surface area (Å²) in [6.07, 6.45) is 4.79. The van der Waals surface area contributed by atoms with Crippen LogP contribution in [0.15, 0.2) is 30.3 Å². The predicted molar refractivity (Wildman–Crippen MR) is 136 cm³/mol. The Morgan fingerprint density at radius 3 is 2.46 bits per heavy atom. The first-order valence-electron chi connectivity index (χ1n) is 13.1. The highest BCUT2D eigenvalue weighted by Crippen LogP contribution is 2.37. The number of carbonyl (C=O) groups excluding carboxylic acids is 3. The van der Waals surface area contributed by atoms with Crippen molar-refractivity contribution in [3.63, 3.8) is 0 Å². The molecule has 0 unspecified atom stereocenters. The van der Waals surface area contributed by atoms with E-state index in [1.807, 2.05) is 42.1 Å². The Kier molecular flexibility index (Phi) is 8.12. The van der Waals surface area contributed by atoms with E-state index in [0.717, 1.165) is 50.8 Å². The number of nitrogens with zero attached hydrogens (tertiary/aromatic N) is 4. The number of piperidine rings is 2. The summed E-state index contributed by atoms with van der Waals surface area (Å²) in [7, 11) is 5.97. The lowest BCUT2D eigenvalue weighted by Crippen LogP contribution is -2.57. The van der Waals surface area contributed by atoms with E-state index < -0.39 is 5.54 Å². The molecule has 192 valence electrons. The first-order valence-corrected chi connectivity index (χ1v) is 13.1. The van der Waals surface area contributed by atoms with Gasteiger partial charge in [-0.2, -0.15) is 0 Å². The monoisotopic (exact) mass is 483 g/mol. The SMILES string of the molecule is CN(C)CCN1C(=O)N[C@](CCc2ccccc2)(C2CCN(C(=O)[C@H]3CCCN(C)C3)CC2)C1=O. The molecule has 1 aromatic rings. The zero-order valence-electron chi connectivity index (χ0n) is 21.5. The molecule has 35 heavy (non-hydrogen) atoms. The van der Waals surface area contributed by atoms with Crippen LogP contribution >= 0.6 is 0 Å². The zero-order valence-corrected chi connectivity index (χ0v) is 21.5. The standard InChI is InChI=1S/C27H41N5O3/c1-29(2)18-19-32-25(34)27(28-26(32)35,14-11-21-8-5-4-6-9-21)23-12-16-31(17-13-23)24(33)22-10-7-15-30(3)20-22/h4-6,8-9,22-23H,7,10-20H2,1-3H3,(H,28,35)/t22-,27+/m0/s1. The van der Waals surface area contributed by atoms with Crippen molar-refractivity contribution in [2.24, 2.45) is 11.8 Å². The largest absolute Gasteiger partial charge is 0.342 e. The fourth-order valence-electron chi connectivity index (χ4n) is 6.00. The molecular formula is C27H41N5O3. The van der Waals surface area contributed by atoms with Crippen LogP contribution in [0.3, 0.4) is 0 Å². The minimum Gasteiger partial charge on any atom is -0.342 e. The van der Waals surface area contributed by atoms with Gasteiger partial charge in [0.05, 0.1) is 5.92 Å². The fourth-order valence-corrected chi connectivity index (χ4v) is 6.00. The fraction of sp³-hybridized carbons (Fsp3) is 0.667. The molecule has 8 nitrogen and oxygen atoms in total. The van der Waals surface area contributed by atoms with Crippen molar-refractivity contribution in [2.45, 2.75) is 44.1 Å². The summed E-state index contributed by atoms with van der Waals surface area (Å²) in [6.45, 7) is 4.21. The van der Waals surface area contributed by atoms with Gasteiger partial charge in [0, 0.05) is 32.7 Å². The second-order valence-corrected chi connectivity index (χ2v) is 10.8. The third-order valence-electron chi connectivity index (χ3n) is 8.10. The zero-order chi connectivity index (χ0) is 25.0. The number of likely N-dealkylation sites (tertiary alicyclic amines) is 2. The van der Waals surface area contributed by atoms with Crippen LogP contribution in [0.5, 0.6) is 0 Å². The number of rotatable bonds is 8. The molecule has 4 amide bonds. The minimum atomic E-state index is -0.903. The van der Waals surface area contributed by atoms with Crippen LogP contribution < -0.4 is 5.32 Å². The highest BCUT2D eigenvalue weighted by atomic mass is 16.2. The summed E-state index contributed by atoms with van der Waals surface area (Å²) in [5, 5.41) is 3.15. The Bertz CT molecular complexity index is 899. The van der Waals surface area contributed by atoms with Gasteiger partial charge in [0.2, 0.25) is 5.91 Å². The first-order chi connectivity index (χ1) is 16.8. The smallest absolute Gasteiger partial charge is 0.325 e. The van der Waals surface area contributed by atoms with Crippen molar-refractivity contribution in [3.8, 4) is 0 Å². The minimum absolute atomic E-state index is 0.0186. The van der Waals surface area contributed by atoms with Crippen molar-refractivity contribution in [2.75, 3.05) is 60.4 Å². The molecule has 2 atom stereocenters. The molecule has 3 heterocycles. The number of hydrogen-bond donors (Lipinski definition) is 1. The van der Waals surface area contributed by atoms with Crippen LogP contribution in [0.2, 0.25) is 0 Å². The summed E-state index contributed by atoms with van der Waals surface area (Å²) >= 11 is 0. The Morgan fingerprint density at radius 2 is 1.80 bits per heavy atom. The maximum atomic E-state index is 13.8. The van der Waals surface area contributed by atoms with Crippen LogP contribution in [0.4, 0.5) is 4.79 Å². The third-order valence-corrected chi connectivity index (χ3v) is 8.10. The maximum absolute atomic E-state index is 13.8. The summed E-state index contributed by atoms with van der Waals surface area (Å²) in [5.74, 6) is 0.249. The lowest BCUT2D eigenvalue weighted by Gasteiger charge is -2.42. The average molecular weight is 484 g/mol. The van der Waals surface area contributed by atoms with Crippen LogP contribution in [0.1, 0.15) is 37.7 Å². The van der Waals surface area contributed by atoms with Crippen molar-refractivity contribution in [1.29, 1.82) is 0 Å². The molecule has 0 spiro atoms. The molecule has 0 bridgehead atoms. The van der Waals surface area contributed by atoms with E-state index in [1.165, 1.54) is 4.90 Å². The van der Waals surface area contributed by atoms with Gasteiger partial charge in [-0.1, -0.05) is 30.3 Å². The number of imide groups is 1. The molecule has 3 aliphatic rings. The van der Waals surface area contributed by atoms with Crippen LogP contribution in [0.25, 0.3) is 0 Å². The molecule has 4 rings (SSSR count). The number of carbonyl (C=O) groups is 3. The topological polar surface area (TPSA) is 76.2 Å². The lowest BCUT2D eigenvalue weighted by molar-refractivity contribution is -0.140. The van der Waals surface area contributed by atoms with E-state index in [4.69, 9.17) is 0 Å². The highest BCUT2D eigenvalue weighted by Gasteiger charge is 2.55. The van der Waals surface area contributed by atoms with Gasteiger partial charge >= 0.3 is 6.03 Å². The summed E-state index contributed by atoms with van der Waals surface area (Å²) in [6, 6.07) is 9.86. The van der Waals surface area contributed by atoms with Gasteiger partial charge in [-0.05, 0) is 77.7 Å². The van der Waals surface area contributed by atoms with Gasteiger partial charge in [0.1, 0.15) is 5.54 Å². The lowest BCUT2D eigenvalue weighted by atomic mass is 9.74. The summed E-state index contributed by atoms with van der Waals surface area (Å²) in [5.41, 5.74) is 0.258. The molecule has 3 saturated heterocycles. The van der Waals surface area contributed by atoms with E-state index in [1.54, 1.807) is 0 Å². The Balaban J connectivity index is 1.47. The average Bonchev–Trinajstić information content (AvgIpc) is 3.11. The molecule has 0 radical (unpaired) electrons. The quantitative estimate of drug-likeness (QED) is 0.573. The number of urea groups is 1. The number of aryl methyl sites for hydroxylation is 1. The maximum Gasteiger partial charge on any atom is 0.325 e. The molecular weight excluding hydrogens is 442 g/mol. The van der Waals surface area contributed by atoms with Gasteiger partial charge in [0.25, 0.3) is 5.91 Å². The number of likely N-dealkylation sites (N-methyl/N-ethyl adjacent to an activating group) is 1. The first kappa shape index (κ1) is 25.6. The van der Waals surface area contributed by atoms with Crippen LogP contribution in [-0.4, -0.2) is 103 Å². The van der Waals surface area contributed by atoms with Gasteiger partial charge in [-0.3, -0.25) is 14.5 Å². The van der Waals surface area contributed by atoms with Gasteiger partial charge in [-0.15, -0.1) is 0 Å². The van der Waals surface area contributed by atoms with Crippen LogP contribution in [0, 0.1) is 11.8 Å².